The molecule has 0 aliphatic carbocycles. The Hall–Kier alpha value is -1.83. The molecule has 2 aromatic rings. The maximum Gasteiger partial charge on any atom is 0.251 e. The molecule has 2 heteroatoms. The van der Waals surface area contributed by atoms with Crippen LogP contribution >= 0.6 is 0 Å². The molecule has 0 saturated heterocycles. The average molecular weight is 241 g/mol. The molecule has 2 nitrogen and oxygen atoms in total. The predicted molar refractivity (Wildman–Crippen MR) is 75.1 cm³/mol. The Bertz CT molecular complexity index is 579. The quantitative estimate of drug-likeness (QED) is 0.808. The van der Waals surface area contributed by atoms with Crippen molar-refractivity contribution in [3.05, 3.63) is 69.6 Å². The Morgan fingerprint density at radius 1 is 1.06 bits per heavy atom. The van der Waals surface area contributed by atoms with Crippen molar-refractivity contribution in [3.8, 4) is 0 Å². The highest BCUT2D eigenvalue weighted by Crippen LogP contribution is 2.15. The first kappa shape index (κ1) is 12.6. The maximum absolute atomic E-state index is 11.8. The van der Waals surface area contributed by atoms with E-state index < -0.39 is 0 Å². The molecular weight excluding hydrogens is 222 g/mol. The van der Waals surface area contributed by atoms with E-state index in [1.165, 1.54) is 5.56 Å². The summed E-state index contributed by atoms with van der Waals surface area (Å²) in [5.41, 5.74) is 3.55. The summed E-state index contributed by atoms with van der Waals surface area (Å²) in [5.74, 6) is 0.542. The lowest BCUT2D eigenvalue weighted by molar-refractivity contribution is 0.729. The van der Waals surface area contributed by atoms with Crippen LogP contribution in [-0.2, 0) is 6.54 Å². The van der Waals surface area contributed by atoms with Gasteiger partial charge >= 0.3 is 0 Å². The van der Waals surface area contributed by atoms with Gasteiger partial charge in [-0.2, -0.15) is 0 Å². The molecule has 2 rings (SSSR count). The van der Waals surface area contributed by atoms with Crippen LogP contribution in [0.3, 0.4) is 0 Å². The van der Waals surface area contributed by atoms with Gasteiger partial charge in [-0.05, 0) is 30.0 Å². The first-order valence-electron chi connectivity index (χ1n) is 6.33. The smallest absolute Gasteiger partial charge is 0.251 e. The second kappa shape index (κ2) is 5.21. The summed E-state index contributed by atoms with van der Waals surface area (Å²) >= 11 is 0. The van der Waals surface area contributed by atoms with Crippen molar-refractivity contribution in [3.63, 3.8) is 0 Å². The van der Waals surface area contributed by atoms with Gasteiger partial charge in [0, 0.05) is 11.8 Å². The molecule has 0 spiro atoms. The molecule has 1 aromatic carbocycles. The van der Waals surface area contributed by atoms with Crippen LogP contribution in [0.15, 0.2) is 47.3 Å². The van der Waals surface area contributed by atoms with Crippen LogP contribution in [0.4, 0.5) is 0 Å². The largest absolute Gasteiger partial charge is 0.309 e. The van der Waals surface area contributed by atoms with E-state index in [-0.39, 0.29) is 5.56 Å². The molecule has 0 aliphatic heterocycles. The van der Waals surface area contributed by atoms with Crippen LogP contribution in [-0.4, -0.2) is 4.57 Å². The molecule has 0 N–H and O–H groups in total. The van der Waals surface area contributed by atoms with Gasteiger partial charge in [-0.1, -0.05) is 44.2 Å². The van der Waals surface area contributed by atoms with Gasteiger partial charge in [-0.15, -0.1) is 0 Å². The van der Waals surface area contributed by atoms with Gasteiger partial charge < -0.3 is 4.57 Å². The molecule has 18 heavy (non-hydrogen) atoms. The lowest BCUT2D eigenvalue weighted by atomic mass is 10.0. The van der Waals surface area contributed by atoms with Gasteiger partial charge in [0.1, 0.15) is 0 Å². The normalized spacial score (nSPS) is 10.9. The van der Waals surface area contributed by atoms with E-state index in [0.717, 1.165) is 11.3 Å². The first-order chi connectivity index (χ1) is 8.58. The van der Waals surface area contributed by atoms with E-state index in [9.17, 15) is 4.79 Å². The van der Waals surface area contributed by atoms with E-state index in [1.807, 2.05) is 13.0 Å². The van der Waals surface area contributed by atoms with Crippen molar-refractivity contribution in [1.82, 2.24) is 4.57 Å². The average Bonchev–Trinajstić information content (AvgIpc) is 2.34. The monoisotopic (exact) mass is 241 g/mol. The van der Waals surface area contributed by atoms with Crippen LogP contribution in [0.2, 0.25) is 0 Å². The number of rotatable bonds is 3. The van der Waals surface area contributed by atoms with Crippen molar-refractivity contribution >= 4 is 0 Å². The van der Waals surface area contributed by atoms with Gasteiger partial charge in [0.15, 0.2) is 0 Å². The molecule has 0 fully saturated rings. The summed E-state index contributed by atoms with van der Waals surface area (Å²) < 4.78 is 1.80. The molecule has 0 bridgehead atoms. The zero-order valence-corrected chi connectivity index (χ0v) is 11.2. The zero-order valence-electron chi connectivity index (χ0n) is 11.2. The summed E-state index contributed by atoms with van der Waals surface area (Å²) in [4.78, 5) is 11.8. The number of aryl methyl sites for hydroxylation is 1. The highest BCUT2D eigenvalue weighted by atomic mass is 16.1. The maximum atomic E-state index is 11.8. The lowest BCUT2D eigenvalue weighted by Crippen LogP contribution is -2.21. The number of nitrogens with zero attached hydrogens (tertiary/aromatic N) is 1. The van der Waals surface area contributed by atoms with Crippen LogP contribution in [0.5, 0.6) is 0 Å². The topological polar surface area (TPSA) is 22.0 Å². The molecule has 1 aromatic heterocycles. The molecule has 94 valence electrons. The van der Waals surface area contributed by atoms with Crippen LogP contribution in [0.1, 0.15) is 36.6 Å². The summed E-state index contributed by atoms with van der Waals surface area (Å²) in [5, 5.41) is 0. The number of pyridine rings is 1. The first-order valence-corrected chi connectivity index (χ1v) is 6.33. The zero-order chi connectivity index (χ0) is 13.1. The summed E-state index contributed by atoms with van der Waals surface area (Å²) in [6.07, 6.45) is 0. The molecule has 1 heterocycles. The predicted octanol–water partition coefficient (Wildman–Crippen LogP) is 3.33. The molecule has 0 saturated carbocycles. The number of hydrogen-bond donors (Lipinski definition) is 0. The Morgan fingerprint density at radius 2 is 1.72 bits per heavy atom. The Labute approximate surface area is 108 Å². The van der Waals surface area contributed by atoms with Gasteiger partial charge in [-0.3, -0.25) is 4.79 Å². The minimum Gasteiger partial charge on any atom is -0.309 e. The number of aromatic nitrogens is 1. The third-order valence-corrected chi connectivity index (χ3v) is 3.26. The van der Waals surface area contributed by atoms with Crippen LogP contribution < -0.4 is 5.56 Å². The Kier molecular flexibility index (Phi) is 3.66. The number of benzene rings is 1. The fourth-order valence-electron chi connectivity index (χ4n) is 2.02. The fraction of sp³-hybridized carbons (Fsp3) is 0.312. The van der Waals surface area contributed by atoms with Gasteiger partial charge in [0.2, 0.25) is 0 Å². The summed E-state index contributed by atoms with van der Waals surface area (Å²) in [6.45, 7) is 6.97. The van der Waals surface area contributed by atoms with Crippen LogP contribution in [0.25, 0.3) is 0 Å². The van der Waals surface area contributed by atoms with Gasteiger partial charge in [0.25, 0.3) is 5.56 Å². The minimum atomic E-state index is 0.0583. The summed E-state index contributed by atoms with van der Waals surface area (Å²) in [7, 11) is 0. The van der Waals surface area contributed by atoms with Crippen LogP contribution in [0, 0.1) is 6.92 Å². The van der Waals surface area contributed by atoms with E-state index in [2.05, 4.69) is 38.1 Å². The summed E-state index contributed by atoms with van der Waals surface area (Å²) in [6, 6.07) is 13.9. The fourth-order valence-corrected chi connectivity index (χ4v) is 2.02. The van der Waals surface area contributed by atoms with Gasteiger partial charge in [0.05, 0.1) is 6.54 Å². The lowest BCUT2D eigenvalue weighted by Gasteiger charge is -2.11. The van der Waals surface area contributed by atoms with Crippen molar-refractivity contribution in [1.29, 1.82) is 0 Å². The second-order valence-corrected chi connectivity index (χ2v) is 4.99. The van der Waals surface area contributed by atoms with Gasteiger partial charge in [-0.25, -0.2) is 0 Å². The standard InChI is InChI=1S/C16H19NO/c1-12(2)15-9-7-14(8-10-15)11-17-13(3)5-4-6-16(17)18/h4-10,12H,11H2,1-3H3. The Balaban J connectivity index is 2.27. The van der Waals surface area contributed by atoms with Crippen molar-refractivity contribution in [2.75, 3.05) is 0 Å². The molecule has 0 aliphatic rings. The Morgan fingerprint density at radius 3 is 2.28 bits per heavy atom. The van der Waals surface area contributed by atoms with E-state index in [0.29, 0.717) is 12.5 Å². The molecular formula is C16H19NO. The highest BCUT2D eigenvalue weighted by Gasteiger charge is 2.02. The van der Waals surface area contributed by atoms with Crippen molar-refractivity contribution < 1.29 is 0 Å². The highest BCUT2D eigenvalue weighted by molar-refractivity contribution is 5.25. The van der Waals surface area contributed by atoms with Crippen molar-refractivity contribution in [2.24, 2.45) is 0 Å². The second-order valence-electron chi connectivity index (χ2n) is 4.99. The van der Waals surface area contributed by atoms with Crippen molar-refractivity contribution in [2.45, 2.75) is 33.2 Å². The third kappa shape index (κ3) is 2.70. The molecule has 0 radical (unpaired) electrons. The van der Waals surface area contributed by atoms with E-state index >= 15 is 0 Å². The SMILES string of the molecule is Cc1cccc(=O)n1Cc1ccc(C(C)C)cc1. The molecule has 0 atom stereocenters. The van der Waals surface area contributed by atoms with E-state index in [4.69, 9.17) is 0 Å². The molecule has 0 unspecified atom stereocenters. The minimum absolute atomic E-state index is 0.0583. The molecule has 0 amide bonds. The van der Waals surface area contributed by atoms with E-state index in [1.54, 1.807) is 16.7 Å². The third-order valence-electron chi connectivity index (χ3n) is 3.26. The number of hydrogen-bond acceptors (Lipinski definition) is 1.